The molecule has 0 aliphatic carbocycles. The summed E-state index contributed by atoms with van der Waals surface area (Å²) in [6.07, 6.45) is 12.1. The third kappa shape index (κ3) is 60.9. The van der Waals surface area contributed by atoms with E-state index < -0.39 is 12.2 Å². The van der Waals surface area contributed by atoms with Crippen molar-refractivity contribution in [1.82, 2.24) is 10.6 Å². The van der Waals surface area contributed by atoms with Gasteiger partial charge in [-0.2, -0.15) is 0 Å². The number of aliphatic hydroxyl groups excluding tert-OH is 2. The van der Waals surface area contributed by atoms with Gasteiger partial charge in [0.1, 0.15) is 6.10 Å². The molecule has 0 saturated carbocycles. The predicted molar refractivity (Wildman–Crippen MR) is 272 cm³/mol. The maximum Gasteiger partial charge on any atom is 0.188 e. The van der Waals surface area contributed by atoms with E-state index in [0.29, 0.717) is 68.5 Å². The van der Waals surface area contributed by atoms with Gasteiger partial charge in [-0.15, -0.1) is 0 Å². The van der Waals surface area contributed by atoms with Crippen LogP contribution in [0.15, 0.2) is 20.0 Å². The van der Waals surface area contributed by atoms with Crippen LogP contribution in [0.4, 0.5) is 0 Å². The molecular formula is C46H104N12O6. The first-order valence-electron chi connectivity index (χ1n) is 23.3. The molecule has 2 saturated heterocycles. The molecule has 16 N–H and O–H groups in total. The Morgan fingerprint density at radius 1 is 0.562 bits per heavy atom. The van der Waals surface area contributed by atoms with Crippen molar-refractivity contribution in [3.63, 3.8) is 0 Å². The summed E-state index contributed by atoms with van der Waals surface area (Å²) >= 11 is 0. The number of epoxide rings is 2. The van der Waals surface area contributed by atoms with Crippen molar-refractivity contribution < 1.29 is 29.2 Å². The first-order valence-corrected chi connectivity index (χ1v) is 23.3. The van der Waals surface area contributed by atoms with Gasteiger partial charge in [-0.05, 0) is 101 Å². The van der Waals surface area contributed by atoms with Gasteiger partial charge in [0.2, 0.25) is 0 Å². The zero-order valence-electron chi connectivity index (χ0n) is 40.4. The molecule has 0 radical (unpaired) electrons. The molecule has 2 aliphatic heterocycles. The highest BCUT2D eigenvalue weighted by atomic mass is 16.6. The van der Waals surface area contributed by atoms with E-state index in [1.54, 1.807) is 0 Å². The highest BCUT2D eigenvalue weighted by molar-refractivity contribution is 5.78. The Morgan fingerprint density at radius 2 is 1.02 bits per heavy atom. The quantitative estimate of drug-likeness (QED) is 0.0193. The summed E-state index contributed by atoms with van der Waals surface area (Å²) in [6.45, 7) is 25.2. The zero-order valence-corrected chi connectivity index (χ0v) is 40.4. The molecule has 0 bridgehead atoms. The van der Waals surface area contributed by atoms with Gasteiger partial charge in [0, 0.05) is 45.9 Å². The second kappa shape index (κ2) is 46.4. The fourth-order valence-electron chi connectivity index (χ4n) is 5.20. The van der Waals surface area contributed by atoms with Crippen molar-refractivity contribution in [2.45, 2.75) is 172 Å². The molecule has 0 aromatic carbocycles. The van der Waals surface area contributed by atoms with Gasteiger partial charge in [-0.25, -0.2) is 0 Å². The van der Waals surface area contributed by atoms with E-state index in [9.17, 15) is 10.2 Å². The summed E-state index contributed by atoms with van der Waals surface area (Å²) in [5.74, 6) is 3.95. The summed E-state index contributed by atoms with van der Waals surface area (Å²) in [7, 11) is 0. The lowest BCUT2D eigenvalue weighted by atomic mass is 10.1. The summed E-state index contributed by atoms with van der Waals surface area (Å²) < 4.78 is 20.9. The van der Waals surface area contributed by atoms with E-state index in [-0.39, 0.29) is 39.9 Å². The Kier molecular flexibility index (Phi) is 48.9. The number of nitrogens with zero attached hydrogens (tertiary/aromatic N) is 4. The number of aliphatic imine (C=N–C) groups is 4. The molecule has 2 rings (SSSR count). The molecule has 4 unspecified atom stereocenters. The van der Waals surface area contributed by atoms with Crippen molar-refractivity contribution in [2.75, 3.05) is 78.9 Å². The maximum atomic E-state index is 9.98. The number of ether oxygens (including phenoxy) is 4. The first kappa shape index (κ1) is 67.4. The molecule has 2 aliphatic rings. The lowest BCUT2D eigenvalue weighted by molar-refractivity contribution is 0.0337. The van der Waals surface area contributed by atoms with Crippen LogP contribution in [0.3, 0.4) is 0 Å². The third-order valence-corrected chi connectivity index (χ3v) is 9.00. The summed E-state index contributed by atoms with van der Waals surface area (Å²) in [4.78, 5) is 16.1. The molecule has 64 heavy (non-hydrogen) atoms. The van der Waals surface area contributed by atoms with Crippen molar-refractivity contribution in [3.05, 3.63) is 0 Å². The largest absolute Gasteiger partial charge is 0.391 e. The van der Waals surface area contributed by atoms with E-state index in [0.717, 1.165) is 109 Å². The van der Waals surface area contributed by atoms with Crippen LogP contribution < -0.4 is 45.0 Å². The Hall–Kier alpha value is -3.16. The van der Waals surface area contributed by atoms with Gasteiger partial charge < -0.3 is 74.2 Å². The lowest BCUT2D eigenvalue weighted by Crippen LogP contribution is -2.39. The number of guanidine groups is 4. The van der Waals surface area contributed by atoms with Crippen LogP contribution >= 0.6 is 0 Å². The number of rotatable bonds is 32. The van der Waals surface area contributed by atoms with E-state index >= 15 is 0 Å². The van der Waals surface area contributed by atoms with Crippen LogP contribution in [0, 0.1) is 23.7 Å². The summed E-state index contributed by atoms with van der Waals surface area (Å²) in [6, 6.07) is 0. The standard InChI is InChI=1S/C22H48N6O3.C8H14O3.2C7H17N3.2CH4/c1-17(2)8-5-11-25-21(23)27-14-19(29)10-7-13-31-16-20(30)15-28-22(24)26-12-6-9-18(3)4;1(2-7-5-10-7)3-9-4-8-6-11-8;2*1-6(2)4-3-5-10-7(8)9;;/h17-20,29-30H,5-16H2,1-4H3,(H3,23,25,27)(H3,24,26,28);7-8H,1-6H2;2*6H,3-5H2,1-2H3,(H4,8,9,10);2*1H4. The average Bonchev–Trinajstić information content (AvgIpc) is 4.14. The predicted octanol–water partition coefficient (Wildman–Crippen LogP) is 4.43. The lowest BCUT2D eigenvalue weighted by Gasteiger charge is -2.13. The highest BCUT2D eigenvalue weighted by Crippen LogP contribution is 2.15. The van der Waals surface area contributed by atoms with Gasteiger partial charge in [-0.1, -0.05) is 70.2 Å². The molecule has 2 heterocycles. The molecule has 384 valence electrons. The van der Waals surface area contributed by atoms with Gasteiger partial charge >= 0.3 is 0 Å². The van der Waals surface area contributed by atoms with E-state index in [1.165, 1.54) is 12.8 Å². The molecule has 2 fully saturated rings. The summed E-state index contributed by atoms with van der Waals surface area (Å²) in [5.41, 5.74) is 32.1. The van der Waals surface area contributed by atoms with Crippen molar-refractivity contribution in [1.29, 1.82) is 0 Å². The van der Waals surface area contributed by atoms with Gasteiger partial charge in [-0.3, -0.25) is 20.0 Å². The van der Waals surface area contributed by atoms with Crippen LogP contribution in [-0.4, -0.2) is 137 Å². The maximum absolute atomic E-state index is 9.98. The van der Waals surface area contributed by atoms with Crippen molar-refractivity contribution in [3.8, 4) is 0 Å². The smallest absolute Gasteiger partial charge is 0.188 e. The van der Waals surface area contributed by atoms with Gasteiger partial charge in [0.15, 0.2) is 23.8 Å². The Balaban J connectivity index is -0.000000441. The SMILES string of the molecule is C.C.C(COCC1CO1)CC1CO1.CC(C)CCCN=C(N)N.CC(C)CCCN=C(N)N.CC(C)CCCN=C(N)NCC(O)COCCCC(O)CN=C(N)NCCCC(C)C. The van der Waals surface area contributed by atoms with E-state index in [1.807, 2.05) is 0 Å². The van der Waals surface area contributed by atoms with Crippen LogP contribution in [-0.2, 0) is 18.9 Å². The van der Waals surface area contributed by atoms with Crippen molar-refractivity contribution >= 4 is 23.8 Å². The molecule has 18 heteroatoms. The minimum Gasteiger partial charge on any atom is -0.391 e. The monoisotopic (exact) mass is 921 g/mol. The normalized spacial score (nSPS) is 16.1. The molecule has 4 atom stereocenters. The molecule has 0 aromatic rings. The average molecular weight is 921 g/mol. The Labute approximate surface area is 391 Å². The van der Waals surface area contributed by atoms with Crippen LogP contribution in [0.1, 0.15) is 147 Å². The topological polar surface area (TPSA) is 314 Å². The molecule has 18 nitrogen and oxygen atoms in total. The number of hydrogen-bond acceptors (Lipinski definition) is 10. The first-order chi connectivity index (χ1) is 29.4. The van der Waals surface area contributed by atoms with Crippen LogP contribution in [0.2, 0.25) is 0 Å². The fraction of sp³-hybridized carbons (Fsp3) is 0.913. The Morgan fingerprint density at radius 3 is 1.48 bits per heavy atom. The van der Waals surface area contributed by atoms with Gasteiger partial charge in [0.25, 0.3) is 0 Å². The summed E-state index contributed by atoms with van der Waals surface area (Å²) in [5, 5.41) is 25.9. The molecule has 0 amide bonds. The third-order valence-electron chi connectivity index (χ3n) is 9.00. The fourth-order valence-corrected chi connectivity index (χ4v) is 5.20. The van der Waals surface area contributed by atoms with Gasteiger partial charge in [0.05, 0.1) is 51.3 Å². The van der Waals surface area contributed by atoms with E-state index in [2.05, 4.69) is 86.0 Å². The Bertz CT molecular complexity index is 1090. The zero-order chi connectivity index (χ0) is 47.0. The number of nitrogens with two attached hydrogens (primary N) is 6. The molecular weight excluding hydrogens is 817 g/mol. The highest BCUT2D eigenvalue weighted by Gasteiger charge is 2.23. The van der Waals surface area contributed by atoms with Crippen LogP contribution in [0.25, 0.3) is 0 Å². The number of aliphatic hydroxyl groups is 2. The van der Waals surface area contributed by atoms with Crippen molar-refractivity contribution in [2.24, 2.45) is 78.0 Å². The van der Waals surface area contributed by atoms with Crippen LogP contribution in [0.5, 0.6) is 0 Å². The minimum atomic E-state index is -0.666. The minimum absolute atomic E-state index is 0. The molecule has 0 spiro atoms. The number of hydrogen-bond donors (Lipinski definition) is 10. The molecule has 0 aromatic heterocycles. The van der Waals surface area contributed by atoms with E-state index in [4.69, 9.17) is 53.3 Å². The number of nitrogens with one attached hydrogen (secondary N) is 2. The second-order valence-corrected chi connectivity index (χ2v) is 17.7. The second-order valence-electron chi connectivity index (χ2n) is 17.7.